The van der Waals surface area contributed by atoms with Crippen molar-refractivity contribution in [2.75, 3.05) is 7.11 Å². The average molecular weight is 448 g/mol. The lowest BCUT2D eigenvalue weighted by Crippen LogP contribution is -2.30. The first-order valence-electron chi connectivity index (χ1n) is 10.8. The normalized spacial score (nSPS) is 15.8. The van der Waals surface area contributed by atoms with Gasteiger partial charge in [-0.3, -0.25) is 23.5 Å². The molecule has 0 saturated heterocycles. The monoisotopic (exact) mass is 447 g/mol. The molecule has 3 aromatic rings. The van der Waals surface area contributed by atoms with Gasteiger partial charge in [0.1, 0.15) is 5.76 Å². The number of allylic oxidation sites excluding steroid dienone is 3. The van der Waals surface area contributed by atoms with Crippen LogP contribution in [0.25, 0.3) is 24.0 Å². The lowest BCUT2D eigenvalue weighted by atomic mass is 9.97. The fourth-order valence-corrected chi connectivity index (χ4v) is 4.08. The van der Waals surface area contributed by atoms with Crippen LogP contribution in [-0.2, 0) is 25.4 Å². The van der Waals surface area contributed by atoms with Crippen LogP contribution in [0.15, 0.2) is 40.1 Å². The van der Waals surface area contributed by atoms with Crippen molar-refractivity contribution < 1.29 is 4.74 Å². The molecule has 0 N–H and O–H groups in total. The van der Waals surface area contributed by atoms with Crippen molar-refractivity contribution >= 4 is 24.1 Å². The highest BCUT2D eigenvalue weighted by Gasteiger charge is 2.18. The highest BCUT2D eigenvalue weighted by molar-refractivity contribution is 6.04. The summed E-state index contributed by atoms with van der Waals surface area (Å²) < 4.78 is 12.4. The first-order valence-corrected chi connectivity index (χ1v) is 10.8. The van der Waals surface area contributed by atoms with Gasteiger partial charge in [0.15, 0.2) is 0 Å². The number of methoxy groups -OCH3 is 1. The number of hydrogen-bond acceptors (Lipinski definition) is 5. The first-order chi connectivity index (χ1) is 15.7. The van der Waals surface area contributed by atoms with E-state index in [9.17, 15) is 4.79 Å². The molecule has 3 aromatic heterocycles. The standard InChI is InChI=1S/C24H29N7O2/c1-8-30-14-22(16(3)27-30)31-17(4)21(29(6)24(31)32)12-25-18-9-10-19(23(11-18)33-7)20-13-28(5)26-15(20)2/h10-14H,4,8-9H2,1-3,5-7H3/b21-12+,25-18?. The summed E-state index contributed by atoms with van der Waals surface area (Å²) >= 11 is 0. The van der Waals surface area contributed by atoms with Gasteiger partial charge in [-0.25, -0.2) is 4.79 Å². The Morgan fingerprint density at radius 3 is 2.58 bits per heavy atom. The molecule has 9 nitrogen and oxygen atoms in total. The summed E-state index contributed by atoms with van der Waals surface area (Å²) in [6.45, 7) is 10.8. The van der Waals surface area contributed by atoms with Gasteiger partial charge in [-0.1, -0.05) is 12.7 Å². The number of aryl methyl sites for hydroxylation is 4. The SMILES string of the molecule is C=c1/c(=C\N=C2C=C(OC)C(c3cn(C)nc3C)=CC2)n(C)c(=O)n1-c1cn(CC)nc1C. The van der Waals surface area contributed by atoms with E-state index in [2.05, 4.69) is 27.8 Å². The quantitative estimate of drug-likeness (QED) is 0.591. The Hall–Kier alpha value is -3.88. The number of aromatic nitrogens is 6. The van der Waals surface area contributed by atoms with Gasteiger partial charge in [0, 0.05) is 62.4 Å². The minimum Gasteiger partial charge on any atom is -0.496 e. The van der Waals surface area contributed by atoms with E-state index in [1.807, 2.05) is 46.3 Å². The van der Waals surface area contributed by atoms with Crippen LogP contribution in [0.1, 0.15) is 30.3 Å². The lowest BCUT2D eigenvalue weighted by molar-refractivity contribution is 0.311. The summed E-state index contributed by atoms with van der Waals surface area (Å²) in [6.07, 6.45) is 10.2. The molecule has 0 aliphatic heterocycles. The molecule has 0 spiro atoms. The van der Waals surface area contributed by atoms with Crippen LogP contribution in [0, 0.1) is 13.8 Å². The number of aliphatic imine (C=N–C) groups is 1. The molecule has 172 valence electrons. The average Bonchev–Trinajstić information content (AvgIpc) is 3.40. The second-order valence-electron chi connectivity index (χ2n) is 8.05. The Balaban J connectivity index is 1.74. The van der Waals surface area contributed by atoms with Gasteiger partial charge in [-0.15, -0.1) is 0 Å². The third kappa shape index (κ3) is 3.90. The minimum absolute atomic E-state index is 0.184. The van der Waals surface area contributed by atoms with Crippen LogP contribution in [0.2, 0.25) is 0 Å². The van der Waals surface area contributed by atoms with Gasteiger partial charge >= 0.3 is 5.69 Å². The zero-order valence-corrected chi connectivity index (χ0v) is 20.0. The number of hydrogen-bond donors (Lipinski definition) is 0. The molecule has 0 radical (unpaired) electrons. The van der Waals surface area contributed by atoms with Crippen LogP contribution in [0.4, 0.5) is 0 Å². The molecule has 33 heavy (non-hydrogen) atoms. The van der Waals surface area contributed by atoms with Crippen molar-refractivity contribution in [3.8, 4) is 5.69 Å². The maximum absolute atomic E-state index is 13.0. The Labute approximate surface area is 191 Å². The topological polar surface area (TPSA) is 84.2 Å². The Bertz CT molecular complexity index is 1490. The summed E-state index contributed by atoms with van der Waals surface area (Å²) in [6, 6.07) is 0. The van der Waals surface area contributed by atoms with Crippen molar-refractivity contribution in [1.82, 2.24) is 28.7 Å². The number of rotatable bonds is 5. The molecule has 0 atom stereocenters. The van der Waals surface area contributed by atoms with E-state index in [0.717, 1.165) is 46.2 Å². The zero-order valence-electron chi connectivity index (χ0n) is 20.0. The fourth-order valence-electron chi connectivity index (χ4n) is 4.08. The van der Waals surface area contributed by atoms with Gasteiger partial charge in [-0.2, -0.15) is 10.2 Å². The van der Waals surface area contributed by atoms with Crippen LogP contribution < -0.4 is 16.4 Å². The zero-order chi connectivity index (χ0) is 23.9. The molecule has 0 aromatic carbocycles. The van der Waals surface area contributed by atoms with Crippen molar-refractivity contribution in [2.45, 2.75) is 33.7 Å². The predicted molar refractivity (Wildman–Crippen MR) is 130 cm³/mol. The van der Waals surface area contributed by atoms with E-state index in [0.29, 0.717) is 17.1 Å². The number of nitrogens with zero attached hydrogens (tertiary/aromatic N) is 7. The first kappa shape index (κ1) is 22.3. The molecule has 9 heteroatoms. The highest BCUT2D eigenvalue weighted by atomic mass is 16.5. The molecule has 0 bridgehead atoms. The Morgan fingerprint density at radius 2 is 1.97 bits per heavy atom. The summed E-state index contributed by atoms with van der Waals surface area (Å²) in [5.74, 6) is 0.730. The molecule has 4 rings (SSSR count). The lowest BCUT2D eigenvalue weighted by Gasteiger charge is -2.15. The van der Waals surface area contributed by atoms with Gasteiger partial charge in [0.2, 0.25) is 0 Å². The van der Waals surface area contributed by atoms with Crippen LogP contribution >= 0.6 is 0 Å². The maximum atomic E-state index is 13.0. The minimum atomic E-state index is -0.184. The molecule has 0 fully saturated rings. The number of imidazole rings is 1. The Morgan fingerprint density at radius 1 is 1.21 bits per heavy atom. The fraction of sp³-hybridized carbons (Fsp3) is 0.333. The van der Waals surface area contributed by atoms with E-state index >= 15 is 0 Å². The predicted octanol–water partition coefficient (Wildman–Crippen LogP) is 1.35. The molecule has 3 heterocycles. The molecule has 0 unspecified atom stereocenters. The van der Waals surface area contributed by atoms with Gasteiger partial charge in [0.25, 0.3) is 0 Å². The Kier molecular flexibility index (Phi) is 5.80. The maximum Gasteiger partial charge on any atom is 0.333 e. The second-order valence-corrected chi connectivity index (χ2v) is 8.05. The molecule has 0 amide bonds. The van der Waals surface area contributed by atoms with E-state index in [1.165, 1.54) is 0 Å². The molecule has 0 saturated carbocycles. The smallest absolute Gasteiger partial charge is 0.333 e. The van der Waals surface area contributed by atoms with Crippen molar-refractivity contribution in [3.05, 3.63) is 68.4 Å². The molecule has 1 aliphatic carbocycles. The van der Waals surface area contributed by atoms with Gasteiger partial charge in [0.05, 0.1) is 41.1 Å². The van der Waals surface area contributed by atoms with Crippen LogP contribution in [-0.4, -0.2) is 41.5 Å². The summed E-state index contributed by atoms with van der Waals surface area (Å²) in [4.78, 5) is 17.6. The van der Waals surface area contributed by atoms with E-state index in [4.69, 9.17) is 4.74 Å². The number of ether oxygens (including phenoxy) is 1. The molecular weight excluding hydrogens is 418 g/mol. The van der Waals surface area contributed by atoms with Crippen molar-refractivity contribution in [1.29, 1.82) is 0 Å². The second kappa shape index (κ2) is 8.57. The molecular formula is C24H29N7O2. The van der Waals surface area contributed by atoms with Gasteiger partial charge in [-0.05, 0) is 20.8 Å². The van der Waals surface area contributed by atoms with Crippen molar-refractivity contribution in [3.63, 3.8) is 0 Å². The third-order valence-electron chi connectivity index (χ3n) is 5.85. The summed E-state index contributed by atoms with van der Waals surface area (Å²) in [5, 5.41) is 10.1. The van der Waals surface area contributed by atoms with Crippen molar-refractivity contribution in [2.24, 2.45) is 19.1 Å². The van der Waals surface area contributed by atoms with E-state index < -0.39 is 0 Å². The summed E-state index contributed by atoms with van der Waals surface area (Å²) in [7, 11) is 5.27. The highest BCUT2D eigenvalue weighted by Crippen LogP contribution is 2.29. The summed E-state index contributed by atoms with van der Waals surface area (Å²) in [5.41, 5.74) is 5.13. The van der Waals surface area contributed by atoms with E-state index in [-0.39, 0.29) is 5.69 Å². The largest absolute Gasteiger partial charge is 0.496 e. The van der Waals surface area contributed by atoms with Crippen LogP contribution in [0.3, 0.4) is 0 Å². The van der Waals surface area contributed by atoms with Crippen LogP contribution in [0.5, 0.6) is 0 Å². The van der Waals surface area contributed by atoms with E-state index in [1.54, 1.807) is 38.9 Å². The van der Waals surface area contributed by atoms with Gasteiger partial charge < -0.3 is 4.74 Å². The third-order valence-corrected chi connectivity index (χ3v) is 5.85. The molecule has 1 aliphatic rings.